The Hall–Kier alpha value is -4.80. The van der Waals surface area contributed by atoms with Crippen LogP contribution in [-0.4, -0.2) is 34.0 Å². The first-order chi connectivity index (χ1) is 16.3. The van der Waals surface area contributed by atoms with Gasteiger partial charge in [0.05, 0.1) is 22.3 Å². The smallest absolute Gasteiger partial charge is 0.337 e. The molecule has 2 amide bonds. The van der Waals surface area contributed by atoms with Gasteiger partial charge < -0.3 is 10.2 Å². The van der Waals surface area contributed by atoms with Crippen molar-refractivity contribution in [3.63, 3.8) is 0 Å². The lowest BCUT2D eigenvalue weighted by atomic mass is 9.81. The Balaban J connectivity index is 2.30. The highest BCUT2D eigenvalue weighted by Crippen LogP contribution is 2.45. The summed E-state index contributed by atoms with van der Waals surface area (Å²) in [5, 5.41) is 23.6. The zero-order valence-electron chi connectivity index (χ0n) is 17.3. The van der Waals surface area contributed by atoms with Crippen LogP contribution in [0.5, 0.6) is 0 Å². The number of amides is 2. The highest BCUT2D eigenvalue weighted by atomic mass is 16.4. The first-order valence-corrected chi connectivity index (χ1v) is 9.99. The van der Waals surface area contributed by atoms with E-state index in [9.17, 15) is 29.4 Å². The molecule has 5 aromatic carbocycles. The molecular weight excluding hydrogens is 440 g/mol. The number of nitrogens with two attached hydrogens (primary N) is 2. The topological polar surface area (TPSA) is 185 Å². The lowest BCUT2D eigenvalue weighted by Crippen LogP contribution is -2.37. The number of carbonyl (C=O) groups is 4. The SMILES string of the molecule is NNC(=O)c1c(C(=O)O)c2c(C(=O)O)ccc3c4cccc5cccc(c(c1C(=O)NN)c23)c54. The van der Waals surface area contributed by atoms with Gasteiger partial charge in [-0.15, -0.1) is 0 Å². The van der Waals surface area contributed by atoms with Gasteiger partial charge in [0.25, 0.3) is 11.8 Å². The Morgan fingerprint density at radius 3 is 1.76 bits per heavy atom. The molecule has 0 fully saturated rings. The number of nitrogen functional groups attached to an aromatic ring is 2. The van der Waals surface area contributed by atoms with Gasteiger partial charge >= 0.3 is 11.9 Å². The number of rotatable bonds is 4. The number of nitrogens with one attached hydrogen (secondary N) is 2. The highest BCUT2D eigenvalue weighted by Gasteiger charge is 2.33. The van der Waals surface area contributed by atoms with Crippen molar-refractivity contribution in [3.05, 3.63) is 70.8 Å². The monoisotopic (exact) mass is 456 g/mol. The van der Waals surface area contributed by atoms with E-state index in [1.165, 1.54) is 6.07 Å². The third kappa shape index (κ3) is 2.63. The van der Waals surface area contributed by atoms with E-state index in [0.29, 0.717) is 10.8 Å². The molecule has 0 saturated heterocycles. The summed E-state index contributed by atoms with van der Waals surface area (Å²) in [6.07, 6.45) is 0. The molecule has 10 heteroatoms. The van der Waals surface area contributed by atoms with Crippen LogP contribution in [0.3, 0.4) is 0 Å². The van der Waals surface area contributed by atoms with Gasteiger partial charge in [-0.1, -0.05) is 42.5 Å². The maximum atomic E-state index is 13.1. The molecule has 0 bridgehead atoms. The number of hydrazine groups is 2. The van der Waals surface area contributed by atoms with E-state index >= 15 is 0 Å². The zero-order valence-corrected chi connectivity index (χ0v) is 17.3. The van der Waals surface area contributed by atoms with Crippen molar-refractivity contribution in [2.75, 3.05) is 0 Å². The van der Waals surface area contributed by atoms with E-state index < -0.39 is 34.9 Å². The van der Waals surface area contributed by atoms with Crippen LogP contribution in [0.25, 0.3) is 43.1 Å². The molecule has 0 spiro atoms. The van der Waals surface area contributed by atoms with Gasteiger partial charge in [0.15, 0.2) is 0 Å². The van der Waals surface area contributed by atoms with Gasteiger partial charge in [-0.3, -0.25) is 20.4 Å². The second-order valence-electron chi connectivity index (χ2n) is 7.68. The van der Waals surface area contributed by atoms with Crippen LogP contribution in [0.15, 0.2) is 48.5 Å². The molecule has 0 aromatic heterocycles. The zero-order chi connectivity index (χ0) is 24.3. The number of carboxylic acids is 2. The van der Waals surface area contributed by atoms with Crippen molar-refractivity contribution in [3.8, 4) is 0 Å². The van der Waals surface area contributed by atoms with Gasteiger partial charge in [0, 0.05) is 10.8 Å². The predicted molar refractivity (Wildman–Crippen MR) is 125 cm³/mol. The third-order valence-corrected chi connectivity index (χ3v) is 6.08. The molecule has 0 aliphatic rings. The van der Waals surface area contributed by atoms with Crippen LogP contribution in [0, 0.1) is 0 Å². The molecule has 0 unspecified atom stereocenters. The Labute approximate surface area is 190 Å². The summed E-state index contributed by atoms with van der Waals surface area (Å²) in [6, 6.07) is 13.7. The maximum Gasteiger partial charge on any atom is 0.337 e. The van der Waals surface area contributed by atoms with Crippen molar-refractivity contribution in [1.82, 2.24) is 10.9 Å². The number of hydrogen-bond donors (Lipinski definition) is 6. The second-order valence-corrected chi connectivity index (χ2v) is 7.68. The van der Waals surface area contributed by atoms with Crippen LogP contribution in [0.2, 0.25) is 0 Å². The number of carboxylic acid groups (broad SMARTS) is 2. The summed E-state index contributed by atoms with van der Waals surface area (Å²) in [5.74, 6) is 5.76. The first-order valence-electron chi connectivity index (χ1n) is 9.99. The summed E-state index contributed by atoms with van der Waals surface area (Å²) in [7, 11) is 0. The third-order valence-electron chi connectivity index (χ3n) is 6.08. The highest BCUT2D eigenvalue weighted by molar-refractivity contribution is 6.40. The van der Waals surface area contributed by atoms with E-state index in [-0.39, 0.29) is 27.3 Å². The average Bonchev–Trinajstić information content (AvgIpc) is 2.84. The molecule has 168 valence electrons. The fraction of sp³-hybridized carbons (Fsp3) is 0. The van der Waals surface area contributed by atoms with Crippen molar-refractivity contribution in [2.24, 2.45) is 11.7 Å². The molecule has 0 aliphatic carbocycles. The van der Waals surface area contributed by atoms with Crippen molar-refractivity contribution in [1.29, 1.82) is 0 Å². The molecule has 10 nitrogen and oxygen atoms in total. The van der Waals surface area contributed by atoms with E-state index in [1.807, 2.05) is 35.1 Å². The predicted octanol–water partition coefficient (Wildman–Crippen LogP) is 2.34. The molecule has 5 aromatic rings. The lowest BCUT2D eigenvalue weighted by molar-refractivity contribution is 0.0692. The maximum absolute atomic E-state index is 13.1. The Morgan fingerprint density at radius 2 is 1.18 bits per heavy atom. The Bertz CT molecular complexity index is 1720. The number of benzene rings is 5. The molecule has 0 atom stereocenters. The minimum atomic E-state index is -1.60. The minimum Gasteiger partial charge on any atom is -0.478 e. The number of fused-ring (bicyclic) bond motifs is 2. The molecule has 5 rings (SSSR count). The number of aromatic carboxylic acids is 2. The van der Waals surface area contributed by atoms with Crippen molar-refractivity contribution < 1.29 is 29.4 Å². The van der Waals surface area contributed by atoms with Crippen molar-refractivity contribution >= 4 is 66.8 Å². The summed E-state index contributed by atoms with van der Waals surface area (Å²) in [5.41, 5.74) is 1.94. The van der Waals surface area contributed by atoms with Crippen LogP contribution < -0.4 is 22.5 Å². The Kier molecular flexibility index (Phi) is 4.57. The molecule has 34 heavy (non-hydrogen) atoms. The standard InChI is InChI=1S/C24H16N4O6/c25-27-21(29)18-16-12-6-2-4-9-3-1-5-10(14(9)12)11-7-8-13(23(31)32)17(15(11)16)20(24(33)34)19(18)22(30)28-26/h1-8H,25-26H2,(H,27,29)(H,28,30)(H,31,32)(H,33,34). The van der Waals surface area contributed by atoms with Gasteiger partial charge in [-0.05, 0) is 38.4 Å². The van der Waals surface area contributed by atoms with E-state index in [0.717, 1.165) is 16.2 Å². The molecular formula is C24H16N4O6. The van der Waals surface area contributed by atoms with E-state index in [4.69, 9.17) is 11.7 Å². The minimum absolute atomic E-state index is 0.189. The largest absolute Gasteiger partial charge is 0.478 e. The van der Waals surface area contributed by atoms with E-state index in [2.05, 4.69) is 0 Å². The van der Waals surface area contributed by atoms with E-state index in [1.54, 1.807) is 18.2 Å². The summed E-state index contributed by atoms with van der Waals surface area (Å²) in [4.78, 5) is 50.6. The summed E-state index contributed by atoms with van der Waals surface area (Å²) >= 11 is 0. The van der Waals surface area contributed by atoms with Crippen LogP contribution in [0.4, 0.5) is 0 Å². The number of carbonyl (C=O) groups excluding carboxylic acids is 2. The number of hydrogen-bond acceptors (Lipinski definition) is 6. The second kappa shape index (κ2) is 7.37. The van der Waals surface area contributed by atoms with Gasteiger partial charge in [-0.25, -0.2) is 21.3 Å². The first kappa shape index (κ1) is 21.1. The molecule has 0 heterocycles. The normalized spacial score (nSPS) is 11.4. The Morgan fingerprint density at radius 1 is 0.588 bits per heavy atom. The molecule has 0 radical (unpaired) electrons. The van der Waals surface area contributed by atoms with Crippen LogP contribution in [0.1, 0.15) is 41.4 Å². The van der Waals surface area contributed by atoms with Crippen molar-refractivity contribution in [2.45, 2.75) is 0 Å². The fourth-order valence-electron chi connectivity index (χ4n) is 4.88. The average molecular weight is 456 g/mol. The van der Waals surface area contributed by atoms with Gasteiger partial charge in [0.1, 0.15) is 0 Å². The lowest BCUT2D eigenvalue weighted by Gasteiger charge is -2.22. The molecule has 8 N–H and O–H groups in total. The molecule has 0 aliphatic heterocycles. The summed E-state index contributed by atoms with van der Waals surface area (Å²) < 4.78 is 0. The fourth-order valence-corrected chi connectivity index (χ4v) is 4.88. The molecule has 0 saturated carbocycles. The van der Waals surface area contributed by atoms with Gasteiger partial charge in [0.2, 0.25) is 0 Å². The van der Waals surface area contributed by atoms with Crippen LogP contribution in [-0.2, 0) is 0 Å². The van der Waals surface area contributed by atoms with Gasteiger partial charge in [-0.2, -0.15) is 0 Å². The summed E-state index contributed by atoms with van der Waals surface area (Å²) in [6.45, 7) is 0. The van der Waals surface area contributed by atoms with Crippen LogP contribution >= 0.6 is 0 Å². The quantitative estimate of drug-likeness (QED) is 0.0782.